The molecule has 0 saturated carbocycles. The zero-order chi connectivity index (χ0) is 18.9. The maximum atomic E-state index is 12.4. The number of ether oxygens (including phenoxy) is 2. The van der Waals surface area contributed by atoms with Crippen LogP contribution in [0.15, 0.2) is 54.6 Å². The van der Waals surface area contributed by atoms with E-state index in [9.17, 15) is 4.79 Å². The third kappa shape index (κ3) is 6.54. The van der Waals surface area contributed by atoms with Crippen molar-refractivity contribution in [2.24, 2.45) is 0 Å². The minimum atomic E-state index is -0.206. The minimum absolute atomic E-state index is 0.0222. The summed E-state index contributed by atoms with van der Waals surface area (Å²) >= 11 is 5.92. The third-order valence-corrected chi connectivity index (χ3v) is 4.82. The minimum Gasteiger partial charge on any atom is -0.492 e. The molecular weight excluding hydrogens is 364 g/mol. The van der Waals surface area contributed by atoms with Crippen LogP contribution in [0.3, 0.4) is 0 Å². The molecule has 1 aliphatic heterocycles. The molecule has 0 amide bonds. The first-order chi connectivity index (χ1) is 13.2. The fraction of sp³-hybridized carbons (Fsp3) is 0.381. The molecule has 2 aromatic rings. The van der Waals surface area contributed by atoms with Crippen LogP contribution in [0.4, 0.5) is 0 Å². The Balaban J connectivity index is 1.55. The zero-order valence-electron chi connectivity index (χ0n) is 15.3. The van der Waals surface area contributed by atoms with E-state index in [4.69, 9.17) is 21.1 Å². The molecule has 2 aromatic carbocycles. The van der Waals surface area contributed by atoms with Crippen LogP contribution in [-0.2, 0) is 16.1 Å². The van der Waals surface area contributed by atoms with Crippen molar-refractivity contribution in [2.45, 2.75) is 19.1 Å². The Morgan fingerprint density at radius 3 is 2.48 bits per heavy atom. The van der Waals surface area contributed by atoms with Gasteiger partial charge in [-0.15, -0.1) is 0 Å². The van der Waals surface area contributed by atoms with Crippen molar-refractivity contribution in [1.82, 2.24) is 10.2 Å². The Morgan fingerprint density at radius 1 is 1.07 bits per heavy atom. The highest BCUT2D eigenvalue weighted by Gasteiger charge is 2.24. The Labute approximate surface area is 165 Å². The standard InChI is InChI=1S/C21H25ClN2O3/c22-18-6-8-20(9-7-18)26-16-19(24-12-10-23-11-13-24)14-21(25)27-15-17-4-2-1-3-5-17/h1-9,19,23H,10-16H2. The maximum Gasteiger partial charge on any atom is 0.307 e. The molecule has 1 aliphatic rings. The molecule has 5 nitrogen and oxygen atoms in total. The summed E-state index contributed by atoms with van der Waals surface area (Å²) in [4.78, 5) is 14.7. The lowest BCUT2D eigenvalue weighted by Gasteiger charge is -2.34. The second kappa shape index (κ2) is 10.3. The van der Waals surface area contributed by atoms with Crippen LogP contribution in [0.5, 0.6) is 5.75 Å². The Hall–Kier alpha value is -2.08. The van der Waals surface area contributed by atoms with E-state index in [-0.39, 0.29) is 12.0 Å². The van der Waals surface area contributed by atoms with E-state index in [2.05, 4.69) is 10.2 Å². The van der Waals surface area contributed by atoms with Crippen molar-refractivity contribution < 1.29 is 14.3 Å². The monoisotopic (exact) mass is 388 g/mol. The number of hydrogen-bond donors (Lipinski definition) is 1. The maximum absolute atomic E-state index is 12.4. The highest BCUT2D eigenvalue weighted by molar-refractivity contribution is 6.30. The number of piperazine rings is 1. The Morgan fingerprint density at radius 2 is 1.78 bits per heavy atom. The lowest BCUT2D eigenvalue weighted by Crippen LogP contribution is -2.51. The van der Waals surface area contributed by atoms with Gasteiger partial charge in [-0.2, -0.15) is 0 Å². The molecule has 1 atom stereocenters. The normalized spacial score (nSPS) is 15.9. The highest BCUT2D eigenvalue weighted by Crippen LogP contribution is 2.17. The van der Waals surface area contributed by atoms with Gasteiger partial charge in [0, 0.05) is 31.2 Å². The van der Waals surface area contributed by atoms with Gasteiger partial charge in [0.2, 0.25) is 0 Å². The van der Waals surface area contributed by atoms with Crippen molar-refractivity contribution in [3.05, 3.63) is 65.2 Å². The van der Waals surface area contributed by atoms with E-state index >= 15 is 0 Å². The largest absolute Gasteiger partial charge is 0.492 e. The van der Waals surface area contributed by atoms with Crippen molar-refractivity contribution in [3.8, 4) is 5.75 Å². The fourth-order valence-corrected chi connectivity index (χ4v) is 3.18. The van der Waals surface area contributed by atoms with Gasteiger partial charge in [0.15, 0.2) is 0 Å². The molecule has 0 bridgehead atoms. The lowest BCUT2D eigenvalue weighted by molar-refractivity contribution is -0.146. The molecule has 0 aromatic heterocycles. The molecule has 1 unspecified atom stereocenters. The number of esters is 1. The number of nitrogens with one attached hydrogen (secondary N) is 1. The van der Waals surface area contributed by atoms with Crippen LogP contribution < -0.4 is 10.1 Å². The van der Waals surface area contributed by atoms with Crippen LogP contribution in [0.2, 0.25) is 5.02 Å². The van der Waals surface area contributed by atoms with Crippen LogP contribution in [0, 0.1) is 0 Å². The number of rotatable bonds is 8. The molecule has 6 heteroatoms. The van der Waals surface area contributed by atoms with Gasteiger partial charge in [-0.3, -0.25) is 9.69 Å². The van der Waals surface area contributed by atoms with E-state index in [1.54, 1.807) is 12.1 Å². The van der Waals surface area contributed by atoms with Gasteiger partial charge in [0.25, 0.3) is 0 Å². The molecule has 0 radical (unpaired) electrons. The predicted octanol–water partition coefficient (Wildman–Crippen LogP) is 3.13. The van der Waals surface area contributed by atoms with E-state index in [1.165, 1.54) is 0 Å². The molecule has 1 saturated heterocycles. The van der Waals surface area contributed by atoms with Gasteiger partial charge in [0.1, 0.15) is 19.0 Å². The number of nitrogens with zero attached hydrogens (tertiary/aromatic N) is 1. The van der Waals surface area contributed by atoms with E-state index < -0.39 is 0 Å². The van der Waals surface area contributed by atoms with Crippen molar-refractivity contribution >= 4 is 17.6 Å². The van der Waals surface area contributed by atoms with Crippen molar-refractivity contribution in [2.75, 3.05) is 32.8 Å². The van der Waals surface area contributed by atoms with Gasteiger partial charge in [-0.25, -0.2) is 0 Å². The first kappa shape index (κ1) is 19.7. The smallest absolute Gasteiger partial charge is 0.307 e. The van der Waals surface area contributed by atoms with Gasteiger partial charge in [-0.1, -0.05) is 41.9 Å². The summed E-state index contributed by atoms with van der Waals surface area (Å²) in [5, 5.41) is 4.01. The Kier molecular flexibility index (Phi) is 7.51. The topological polar surface area (TPSA) is 50.8 Å². The number of carbonyl (C=O) groups is 1. The fourth-order valence-electron chi connectivity index (χ4n) is 3.05. The third-order valence-electron chi connectivity index (χ3n) is 4.57. The molecule has 3 rings (SSSR count). The summed E-state index contributed by atoms with van der Waals surface area (Å²) in [6.45, 7) is 4.34. The average Bonchev–Trinajstić information content (AvgIpc) is 2.72. The summed E-state index contributed by atoms with van der Waals surface area (Å²) in [5.74, 6) is 0.541. The second-order valence-corrected chi connectivity index (χ2v) is 6.99. The van der Waals surface area contributed by atoms with Crippen LogP contribution >= 0.6 is 11.6 Å². The van der Waals surface area contributed by atoms with Crippen LogP contribution in [0.1, 0.15) is 12.0 Å². The SMILES string of the molecule is O=C(CC(COc1ccc(Cl)cc1)N1CCNCC1)OCc1ccccc1. The van der Waals surface area contributed by atoms with Gasteiger partial charge >= 0.3 is 5.97 Å². The van der Waals surface area contributed by atoms with Gasteiger partial charge < -0.3 is 14.8 Å². The highest BCUT2D eigenvalue weighted by atomic mass is 35.5. The molecule has 1 fully saturated rings. The van der Waals surface area contributed by atoms with Crippen molar-refractivity contribution in [3.63, 3.8) is 0 Å². The van der Waals surface area contributed by atoms with Crippen molar-refractivity contribution in [1.29, 1.82) is 0 Å². The molecule has 0 aliphatic carbocycles. The zero-order valence-corrected chi connectivity index (χ0v) is 16.0. The summed E-state index contributed by atoms with van der Waals surface area (Å²) in [5.41, 5.74) is 0.988. The summed E-state index contributed by atoms with van der Waals surface area (Å²) < 4.78 is 11.4. The average molecular weight is 389 g/mol. The number of carbonyl (C=O) groups excluding carboxylic acids is 1. The van der Waals surface area contributed by atoms with Crippen LogP contribution in [-0.4, -0.2) is 49.7 Å². The van der Waals surface area contributed by atoms with E-state index in [0.717, 1.165) is 37.5 Å². The lowest BCUT2D eigenvalue weighted by atomic mass is 10.1. The van der Waals surface area contributed by atoms with Crippen LogP contribution in [0.25, 0.3) is 0 Å². The number of benzene rings is 2. The molecule has 0 spiro atoms. The van der Waals surface area contributed by atoms with Gasteiger partial charge in [-0.05, 0) is 29.8 Å². The number of hydrogen-bond acceptors (Lipinski definition) is 5. The quantitative estimate of drug-likeness (QED) is 0.704. The summed E-state index contributed by atoms with van der Waals surface area (Å²) in [6.07, 6.45) is 0.306. The first-order valence-corrected chi connectivity index (χ1v) is 9.61. The Bertz CT molecular complexity index is 703. The summed E-state index contributed by atoms with van der Waals surface area (Å²) in [6, 6.07) is 17.0. The first-order valence-electron chi connectivity index (χ1n) is 9.23. The van der Waals surface area contributed by atoms with Gasteiger partial charge in [0.05, 0.1) is 12.5 Å². The second-order valence-electron chi connectivity index (χ2n) is 6.56. The molecular formula is C21H25ClN2O3. The van der Waals surface area contributed by atoms with E-state index in [1.807, 2.05) is 42.5 Å². The predicted molar refractivity (Wildman–Crippen MR) is 106 cm³/mol. The molecule has 144 valence electrons. The molecule has 1 heterocycles. The summed E-state index contributed by atoms with van der Waals surface area (Å²) in [7, 11) is 0. The molecule has 1 N–H and O–H groups in total. The number of halogens is 1. The molecule has 27 heavy (non-hydrogen) atoms. The van der Waals surface area contributed by atoms with E-state index in [0.29, 0.717) is 24.7 Å².